The number of pyridine rings is 1. The first-order valence-corrected chi connectivity index (χ1v) is 8.74. The van der Waals surface area contributed by atoms with Crippen LogP contribution in [-0.2, 0) is 17.3 Å². The second-order valence-corrected chi connectivity index (χ2v) is 7.14. The highest BCUT2D eigenvalue weighted by atomic mass is 35.5. The minimum Gasteiger partial charge on any atom is -0.324 e. The van der Waals surface area contributed by atoms with E-state index in [2.05, 4.69) is 15.4 Å². The summed E-state index contributed by atoms with van der Waals surface area (Å²) in [5.41, 5.74) is 2.97. The Kier molecular flexibility index (Phi) is 3.76. The number of carbonyl (C=O) groups excluding carboxylic acids is 1. The number of anilines is 1. The second-order valence-electron chi connectivity index (χ2n) is 6.70. The molecule has 25 heavy (non-hydrogen) atoms. The van der Waals surface area contributed by atoms with Crippen LogP contribution < -0.4 is 5.32 Å². The van der Waals surface area contributed by atoms with E-state index in [1.54, 1.807) is 10.9 Å². The summed E-state index contributed by atoms with van der Waals surface area (Å²) in [6.07, 6.45) is 4.44. The first-order chi connectivity index (χ1) is 12.0. The molecule has 1 fully saturated rings. The number of halogens is 1. The summed E-state index contributed by atoms with van der Waals surface area (Å²) < 4.78 is 1.75. The predicted octanol–water partition coefficient (Wildman–Crippen LogP) is 3.99. The van der Waals surface area contributed by atoms with Gasteiger partial charge in [0.2, 0.25) is 5.91 Å². The molecule has 6 heteroatoms. The number of benzene rings is 1. The fourth-order valence-electron chi connectivity index (χ4n) is 3.57. The van der Waals surface area contributed by atoms with Crippen LogP contribution in [0, 0.1) is 6.92 Å². The molecule has 2 heterocycles. The molecule has 1 amide bonds. The molecule has 1 saturated carbocycles. The van der Waals surface area contributed by atoms with Gasteiger partial charge >= 0.3 is 0 Å². The van der Waals surface area contributed by atoms with E-state index in [-0.39, 0.29) is 5.91 Å². The zero-order valence-electron chi connectivity index (χ0n) is 14.2. The van der Waals surface area contributed by atoms with E-state index in [1.165, 1.54) is 0 Å². The number of carbonyl (C=O) groups is 1. The van der Waals surface area contributed by atoms with E-state index in [0.29, 0.717) is 10.7 Å². The van der Waals surface area contributed by atoms with Crippen LogP contribution in [0.15, 0.2) is 36.5 Å². The third kappa shape index (κ3) is 2.59. The Labute approximate surface area is 151 Å². The van der Waals surface area contributed by atoms with Crippen molar-refractivity contribution in [3.63, 3.8) is 0 Å². The van der Waals surface area contributed by atoms with E-state index < -0.39 is 5.41 Å². The number of nitrogens with zero attached hydrogens (tertiary/aromatic N) is 3. The largest absolute Gasteiger partial charge is 0.324 e. The Bertz CT molecular complexity index is 957. The van der Waals surface area contributed by atoms with Crippen LogP contribution in [0.2, 0.25) is 5.02 Å². The standard InChI is InChI=1S/C19H19ClN4O/c1-12-16-10-15(11-21-17(16)24(2)23-12)22-18(25)19(8-3-9-19)13-4-6-14(20)7-5-13/h4-7,10-11H,3,8-9H2,1-2H3,(H,22,25). The van der Waals surface area contributed by atoms with Crippen LogP contribution in [-0.4, -0.2) is 20.7 Å². The van der Waals surface area contributed by atoms with Gasteiger partial charge in [0.15, 0.2) is 5.65 Å². The number of rotatable bonds is 3. The molecule has 0 saturated heterocycles. The van der Waals surface area contributed by atoms with Gasteiger partial charge in [0.1, 0.15) is 0 Å². The molecule has 4 rings (SSSR count). The molecule has 0 bridgehead atoms. The number of nitrogens with one attached hydrogen (secondary N) is 1. The molecular formula is C19H19ClN4O. The van der Waals surface area contributed by atoms with Crippen molar-refractivity contribution in [1.82, 2.24) is 14.8 Å². The average molecular weight is 355 g/mol. The summed E-state index contributed by atoms with van der Waals surface area (Å²) in [4.78, 5) is 17.5. The zero-order valence-corrected chi connectivity index (χ0v) is 15.0. The lowest BCUT2D eigenvalue weighted by molar-refractivity contribution is -0.124. The van der Waals surface area contributed by atoms with Crippen molar-refractivity contribution in [2.75, 3.05) is 5.32 Å². The molecule has 3 aromatic rings. The number of amides is 1. The fraction of sp³-hybridized carbons (Fsp3) is 0.316. The Morgan fingerprint density at radius 3 is 2.64 bits per heavy atom. The highest BCUT2D eigenvalue weighted by Gasteiger charge is 2.45. The van der Waals surface area contributed by atoms with Gasteiger partial charge < -0.3 is 5.32 Å². The van der Waals surface area contributed by atoms with Gasteiger partial charge in [-0.3, -0.25) is 9.48 Å². The van der Waals surface area contributed by atoms with Crippen LogP contribution in [0.5, 0.6) is 0 Å². The molecule has 1 N–H and O–H groups in total. The summed E-state index contributed by atoms with van der Waals surface area (Å²) in [6.45, 7) is 1.94. The van der Waals surface area contributed by atoms with Crippen molar-refractivity contribution in [3.8, 4) is 0 Å². The monoisotopic (exact) mass is 354 g/mol. The van der Waals surface area contributed by atoms with Crippen molar-refractivity contribution < 1.29 is 4.79 Å². The molecule has 128 valence electrons. The third-order valence-electron chi connectivity index (χ3n) is 5.16. The molecule has 0 spiro atoms. The average Bonchev–Trinajstić information content (AvgIpc) is 2.82. The molecule has 5 nitrogen and oxygen atoms in total. The van der Waals surface area contributed by atoms with Gasteiger partial charge in [0, 0.05) is 17.5 Å². The molecule has 0 unspecified atom stereocenters. The van der Waals surface area contributed by atoms with E-state index in [0.717, 1.165) is 41.6 Å². The van der Waals surface area contributed by atoms with Crippen LogP contribution in [0.1, 0.15) is 30.5 Å². The van der Waals surface area contributed by atoms with Crippen molar-refractivity contribution in [1.29, 1.82) is 0 Å². The van der Waals surface area contributed by atoms with E-state index in [4.69, 9.17) is 11.6 Å². The molecule has 1 aliphatic rings. The maximum absolute atomic E-state index is 13.0. The Morgan fingerprint density at radius 2 is 2.00 bits per heavy atom. The quantitative estimate of drug-likeness (QED) is 0.773. The van der Waals surface area contributed by atoms with Crippen molar-refractivity contribution >= 4 is 34.2 Å². The maximum atomic E-state index is 13.0. The van der Waals surface area contributed by atoms with Crippen molar-refractivity contribution in [2.45, 2.75) is 31.6 Å². The lowest BCUT2D eigenvalue weighted by Gasteiger charge is -2.40. The minimum atomic E-state index is -0.469. The highest BCUT2D eigenvalue weighted by Crippen LogP contribution is 2.45. The number of fused-ring (bicyclic) bond motifs is 1. The SMILES string of the molecule is Cc1nn(C)c2ncc(NC(=O)C3(c4ccc(Cl)cc4)CCC3)cc12. The highest BCUT2D eigenvalue weighted by molar-refractivity contribution is 6.30. The van der Waals surface area contributed by atoms with Gasteiger partial charge in [-0.1, -0.05) is 30.2 Å². The maximum Gasteiger partial charge on any atom is 0.235 e. The first kappa shape index (κ1) is 16.1. The Hall–Kier alpha value is -2.40. The lowest BCUT2D eigenvalue weighted by Crippen LogP contribution is -2.46. The second kappa shape index (κ2) is 5.85. The van der Waals surface area contributed by atoms with E-state index in [1.807, 2.05) is 44.3 Å². The molecule has 0 aliphatic heterocycles. The van der Waals surface area contributed by atoms with Gasteiger partial charge in [0.25, 0.3) is 0 Å². The first-order valence-electron chi connectivity index (χ1n) is 8.36. The van der Waals surface area contributed by atoms with Crippen molar-refractivity contribution in [2.24, 2.45) is 7.05 Å². The van der Waals surface area contributed by atoms with Gasteiger partial charge in [-0.15, -0.1) is 0 Å². The lowest BCUT2D eigenvalue weighted by atomic mass is 9.64. The molecule has 1 aliphatic carbocycles. The van der Waals surface area contributed by atoms with E-state index >= 15 is 0 Å². The predicted molar refractivity (Wildman–Crippen MR) is 98.9 cm³/mol. The van der Waals surface area contributed by atoms with E-state index in [9.17, 15) is 4.79 Å². The number of aryl methyl sites for hydroxylation is 2. The summed E-state index contributed by atoms with van der Waals surface area (Å²) in [5, 5.41) is 9.06. The molecule has 1 aromatic carbocycles. The fourth-order valence-corrected chi connectivity index (χ4v) is 3.70. The summed E-state index contributed by atoms with van der Waals surface area (Å²) >= 11 is 5.99. The van der Waals surface area contributed by atoms with Crippen LogP contribution in [0.25, 0.3) is 11.0 Å². The van der Waals surface area contributed by atoms with Gasteiger partial charge in [-0.25, -0.2) is 4.98 Å². The van der Waals surface area contributed by atoms with Crippen LogP contribution in [0.3, 0.4) is 0 Å². The Morgan fingerprint density at radius 1 is 1.28 bits per heavy atom. The summed E-state index contributed by atoms with van der Waals surface area (Å²) in [7, 11) is 1.87. The normalized spacial score (nSPS) is 15.8. The molecule has 0 radical (unpaired) electrons. The smallest absolute Gasteiger partial charge is 0.235 e. The summed E-state index contributed by atoms with van der Waals surface area (Å²) in [5.74, 6) is 0.0174. The van der Waals surface area contributed by atoms with Gasteiger partial charge in [0.05, 0.1) is 23.0 Å². The van der Waals surface area contributed by atoms with Gasteiger partial charge in [-0.2, -0.15) is 5.10 Å². The topological polar surface area (TPSA) is 59.8 Å². The third-order valence-corrected chi connectivity index (χ3v) is 5.41. The Balaban J connectivity index is 1.64. The molecule has 2 aromatic heterocycles. The number of hydrogen-bond acceptors (Lipinski definition) is 3. The van der Waals surface area contributed by atoms with Crippen LogP contribution >= 0.6 is 11.6 Å². The van der Waals surface area contributed by atoms with Gasteiger partial charge in [-0.05, 0) is 43.5 Å². The molecule has 0 atom stereocenters. The minimum absolute atomic E-state index is 0.0174. The number of hydrogen-bond donors (Lipinski definition) is 1. The zero-order chi connectivity index (χ0) is 17.6. The van der Waals surface area contributed by atoms with Crippen molar-refractivity contribution in [3.05, 3.63) is 52.8 Å². The molecular weight excluding hydrogens is 336 g/mol. The van der Waals surface area contributed by atoms with Crippen LogP contribution in [0.4, 0.5) is 5.69 Å². The summed E-state index contributed by atoms with van der Waals surface area (Å²) in [6, 6.07) is 9.53. The number of aromatic nitrogens is 3.